The SMILES string of the molecule is C=C(OC)C(C)C[Si](C)(C)CC. The van der Waals surface area contributed by atoms with Crippen LogP contribution >= 0.6 is 0 Å². The van der Waals surface area contributed by atoms with Gasteiger partial charge in [0, 0.05) is 14.0 Å². The Bertz CT molecular complexity index is 152. The van der Waals surface area contributed by atoms with Gasteiger partial charge in [0.1, 0.15) is 0 Å². The highest BCUT2D eigenvalue weighted by molar-refractivity contribution is 6.77. The van der Waals surface area contributed by atoms with Gasteiger partial charge in [0.05, 0.1) is 12.9 Å². The van der Waals surface area contributed by atoms with Crippen LogP contribution in [0, 0.1) is 5.92 Å². The Balaban J connectivity index is 3.99. The van der Waals surface area contributed by atoms with Crippen molar-refractivity contribution in [3.8, 4) is 0 Å². The topological polar surface area (TPSA) is 9.23 Å². The first-order valence-corrected chi connectivity index (χ1v) is 8.07. The second-order valence-corrected chi connectivity index (χ2v) is 9.74. The van der Waals surface area contributed by atoms with E-state index < -0.39 is 8.07 Å². The molecule has 72 valence electrons. The predicted octanol–water partition coefficient (Wildman–Crippen LogP) is 3.51. The predicted molar refractivity (Wildman–Crippen MR) is 58.1 cm³/mol. The highest BCUT2D eigenvalue weighted by atomic mass is 28.3. The number of hydrogen-bond acceptors (Lipinski definition) is 1. The van der Waals surface area contributed by atoms with E-state index >= 15 is 0 Å². The summed E-state index contributed by atoms with van der Waals surface area (Å²) in [5, 5.41) is 0. The molecule has 0 N–H and O–H groups in total. The Labute approximate surface area is 77.8 Å². The molecule has 0 radical (unpaired) electrons. The van der Waals surface area contributed by atoms with Gasteiger partial charge in [0.2, 0.25) is 0 Å². The minimum Gasteiger partial charge on any atom is -0.501 e. The highest BCUT2D eigenvalue weighted by Crippen LogP contribution is 2.24. The Morgan fingerprint density at radius 1 is 1.50 bits per heavy atom. The van der Waals surface area contributed by atoms with Crippen LogP contribution in [0.15, 0.2) is 12.3 Å². The van der Waals surface area contributed by atoms with Crippen LogP contribution in [0.25, 0.3) is 0 Å². The van der Waals surface area contributed by atoms with Gasteiger partial charge in [-0.2, -0.15) is 0 Å². The van der Waals surface area contributed by atoms with Gasteiger partial charge in [-0.1, -0.05) is 39.6 Å². The van der Waals surface area contributed by atoms with Gasteiger partial charge in [-0.3, -0.25) is 0 Å². The Morgan fingerprint density at radius 3 is 2.33 bits per heavy atom. The molecule has 0 aliphatic carbocycles. The molecule has 1 atom stereocenters. The molecule has 0 rings (SSSR count). The van der Waals surface area contributed by atoms with Crippen molar-refractivity contribution < 1.29 is 4.74 Å². The standard InChI is InChI=1S/C10H22OSi/c1-7-12(5,6)8-9(2)10(3)11-4/h9H,3,7-8H2,1-2,4-6H3. The molecule has 0 bridgehead atoms. The largest absolute Gasteiger partial charge is 0.501 e. The van der Waals surface area contributed by atoms with E-state index in [1.54, 1.807) is 7.11 Å². The molecule has 0 amide bonds. The van der Waals surface area contributed by atoms with Crippen LogP contribution < -0.4 is 0 Å². The van der Waals surface area contributed by atoms with Crippen molar-refractivity contribution in [3.63, 3.8) is 0 Å². The Kier molecular flexibility index (Phi) is 4.61. The van der Waals surface area contributed by atoms with Crippen LogP contribution in [0.4, 0.5) is 0 Å². The molecule has 0 aliphatic rings. The third-order valence-electron chi connectivity index (χ3n) is 2.63. The van der Waals surface area contributed by atoms with Crippen molar-refractivity contribution in [2.45, 2.75) is 39.0 Å². The Morgan fingerprint density at radius 2 is 2.00 bits per heavy atom. The molecule has 1 unspecified atom stereocenters. The molecule has 12 heavy (non-hydrogen) atoms. The number of rotatable bonds is 5. The van der Waals surface area contributed by atoms with Crippen molar-refractivity contribution in [1.82, 2.24) is 0 Å². The fourth-order valence-electron chi connectivity index (χ4n) is 1.29. The van der Waals surface area contributed by atoms with E-state index in [-0.39, 0.29) is 0 Å². The highest BCUT2D eigenvalue weighted by Gasteiger charge is 2.22. The molecule has 0 saturated carbocycles. The zero-order chi connectivity index (χ0) is 9.78. The molecule has 0 fully saturated rings. The molecule has 2 heteroatoms. The zero-order valence-corrected chi connectivity index (χ0v) is 10.1. The summed E-state index contributed by atoms with van der Waals surface area (Å²) in [5.74, 6) is 1.46. The van der Waals surface area contributed by atoms with E-state index in [1.165, 1.54) is 12.1 Å². The van der Waals surface area contributed by atoms with Crippen molar-refractivity contribution in [2.24, 2.45) is 5.92 Å². The van der Waals surface area contributed by atoms with E-state index in [1.807, 2.05) is 0 Å². The van der Waals surface area contributed by atoms with Crippen molar-refractivity contribution in [2.75, 3.05) is 7.11 Å². The number of allylic oxidation sites excluding steroid dienone is 1. The third kappa shape index (κ3) is 3.95. The van der Waals surface area contributed by atoms with Crippen molar-refractivity contribution >= 4 is 8.07 Å². The monoisotopic (exact) mass is 186 g/mol. The van der Waals surface area contributed by atoms with Gasteiger partial charge in [-0.15, -0.1) is 0 Å². The Hall–Kier alpha value is -0.243. The van der Waals surface area contributed by atoms with Gasteiger partial charge in [0.25, 0.3) is 0 Å². The van der Waals surface area contributed by atoms with E-state index in [0.29, 0.717) is 5.92 Å². The zero-order valence-electron chi connectivity index (χ0n) is 9.11. The molecule has 1 nitrogen and oxygen atoms in total. The number of hydrogen-bond donors (Lipinski definition) is 0. The third-order valence-corrected chi connectivity index (χ3v) is 6.26. The molecule has 0 saturated heterocycles. The molecular weight excluding hydrogens is 164 g/mol. The van der Waals surface area contributed by atoms with Crippen molar-refractivity contribution in [1.29, 1.82) is 0 Å². The minimum absolute atomic E-state index is 0.525. The van der Waals surface area contributed by atoms with Gasteiger partial charge in [-0.05, 0) is 6.04 Å². The molecule has 0 aromatic rings. The minimum atomic E-state index is -0.960. The first-order valence-electron chi connectivity index (χ1n) is 4.65. The summed E-state index contributed by atoms with van der Waals surface area (Å²) in [6.45, 7) is 13.2. The van der Waals surface area contributed by atoms with Crippen LogP contribution in [0.1, 0.15) is 13.8 Å². The first kappa shape index (κ1) is 11.8. The lowest BCUT2D eigenvalue weighted by atomic mass is 10.2. The molecule has 0 aromatic carbocycles. The summed E-state index contributed by atoms with van der Waals surface area (Å²) in [6, 6.07) is 2.63. The fourth-order valence-corrected chi connectivity index (χ4v) is 3.46. The van der Waals surface area contributed by atoms with Gasteiger partial charge >= 0.3 is 0 Å². The van der Waals surface area contributed by atoms with E-state index in [0.717, 1.165) is 5.76 Å². The number of ether oxygens (including phenoxy) is 1. The maximum absolute atomic E-state index is 5.13. The summed E-state index contributed by atoms with van der Waals surface area (Å²) < 4.78 is 5.13. The summed E-state index contributed by atoms with van der Waals surface area (Å²) in [7, 11) is 0.747. The molecule has 0 aromatic heterocycles. The first-order chi connectivity index (χ1) is 5.43. The van der Waals surface area contributed by atoms with Crippen LogP contribution in [0.3, 0.4) is 0 Å². The smallest absolute Gasteiger partial charge is 0.0909 e. The van der Waals surface area contributed by atoms with Gasteiger partial charge in [-0.25, -0.2) is 0 Å². The van der Waals surface area contributed by atoms with E-state index in [4.69, 9.17) is 4.74 Å². The van der Waals surface area contributed by atoms with Crippen LogP contribution in [0.5, 0.6) is 0 Å². The molecular formula is C10H22OSi. The van der Waals surface area contributed by atoms with Crippen molar-refractivity contribution in [3.05, 3.63) is 12.3 Å². The average molecular weight is 186 g/mol. The fraction of sp³-hybridized carbons (Fsp3) is 0.800. The lowest BCUT2D eigenvalue weighted by molar-refractivity contribution is 0.255. The summed E-state index contributed by atoms with van der Waals surface area (Å²) >= 11 is 0. The quantitative estimate of drug-likeness (QED) is 0.471. The summed E-state index contributed by atoms with van der Waals surface area (Å²) in [4.78, 5) is 0. The van der Waals surface area contributed by atoms with Crippen LogP contribution in [-0.4, -0.2) is 15.2 Å². The van der Waals surface area contributed by atoms with Crippen LogP contribution in [-0.2, 0) is 4.74 Å². The maximum atomic E-state index is 5.13. The maximum Gasteiger partial charge on any atom is 0.0909 e. The second kappa shape index (κ2) is 4.70. The molecule has 0 aliphatic heterocycles. The lowest BCUT2D eigenvalue weighted by Crippen LogP contribution is -2.27. The number of methoxy groups -OCH3 is 1. The van der Waals surface area contributed by atoms with Gasteiger partial charge < -0.3 is 4.74 Å². The summed E-state index contributed by atoms with van der Waals surface area (Å²) in [6.07, 6.45) is 0. The summed E-state index contributed by atoms with van der Waals surface area (Å²) in [5.41, 5.74) is 0. The van der Waals surface area contributed by atoms with E-state index in [2.05, 4.69) is 33.5 Å². The average Bonchev–Trinajstić information content (AvgIpc) is 2.02. The normalized spacial score (nSPS) is 14.1. The van der Waals surface area contributed by atoms with E-state index in [9.17, 15) is 0 Å². The lowest BCUT2D eigenvalue weighted by Gasteiger charge is -2.25. The van der Waals surface area contributed by atoms with Gasteiger partial charge in [0.15, 0.2) is 0 Å². The molecule has 0 spiro atoms. The van der Waals surface area contributed by atoms with Crippen LogP contribution in [0.2, 0.25) is 25.2 Å². The second-order valence-electron chi connectivity index (χ2n) is 4.29. The molecule has 0 heterocycles.